The van der Waals surface area contributed by atoms with Crippen molar-refractivity contribution in [3.05, 3.63) is 40.0 Å². The number of carbonyl (C=O) groups is 1. The Morgan fingerprint density at radius 2 is 2.25 bits per heavy atom. The Morgan fingerprint density at radius 3 is 3.00 bits per heavy atom. The van der Waals surface area contributed by atoms with E-state index >= 15 is 0 Å². The van der Waals surface area contributed by atoms with E-state index in [1.165, 1.54) is 17.1 Å². The standard InChI is InChI=1S/C16H13ClN4O2S/c17-14-12(8-18)15(24-19-14)20-5-4-11-10(9-20)2-1-3-13(11)21-6-7-23-16(21)22/h1-3H,4-7,9H2. The van der Waals surface area contributed by atoms with Crippen molar-refractivity contribution < 1.29 is 9.53 Å². The van der Waals surface area contributed by atoms with E-state index in [1.807, 2.05) is 12.1 Å². The summed E-state index contributed by atoms with van der Waals surface area (Å²) < 4.78 is 9.14. The van der Waals surface area contributed by atoms with Gasteiger partial charge in [-0.2, -0.15) is 9.64 Å². The van der Waals surface area contributed by atoms with Crippen LogP contribution in [0.4, 0.5) is 15.5 Å². The highest BCUT2D eigenvalue weighted by atomic mass is 35.5. The fourth-order valence-corrected chi connectivity index (χ4v) is 4.25. The highest BCUT2D eigenvalue weighted by molar-refractivity contribution is 7.10. The summed E-state index contributed by atoms with van der Waals surface area (Å²) in [6.45, 7) is 2.43. The highest BCUT2D eigenvalue weighted by Crippen LogP contribution is 2.36. The van der Waals surface area contributed by atoms with Crippen LogP contribution in [0.5, 0.6) is 0 Å². The van der Waals surface area contributed by atoms with Gasteiger partial charge in [0, 0.05) is 13.1 Å². The average Bonchev–Trinajstić information content (AvgIpc) is 3.19. The van der Waals surface area contributed by atoms with Gasteiger partial charge in [0.25, 0.3) is 0 Å². The summed E-state index contributed by atoms with van der Waals surface area (Å²) >= 11 is 7.23. The minimum atomic E-state index is -0.285. The molecule has 0 saturated carbocycles. The third-order valence-corrected chi connectivity index (χ3v) is 5.61. The normalized spacial score (nSPS) is 16.8. The molecule has 6 nitrogen and oxygen atoms in total. The minimum Gasteiger partial charge on any atom is -0.447 e. The van der Waals surface area contributed by atoms with Crippen molar-refractivity contribution in [2.24, 2.45) is 0 Å². The Labute approximate surface area is 148 Å². The van der Waals surface area contributed by atoms with Crippen LogP contribution in [0.15, 0.2) is 18.2 Å². The third-order valence-electron chi connectivity index (χ3n) is 4.32. The number of fused-ring (bicyclic) bond motifs is 1. The summed E-state index contributed by atoms with van der Waals surface area (Å²) in [5.74, 6) is 0. The van der Waals surface area contributed by atoms with Crippen LogP contribution in [0.1, 0.15) is 16.7 Å². The van der Waals surface area contributed by atoms with Gasteiger partial charge < -0.3 is 9.64 Å². The maximum atomic E-state index is 11.9. The van der Waals surface area contributed by atoms with E-state index in [1.54, 1.807) is 4.90 Å². The van der Waals surface area contributed by atoms with E-state index in [-0.39, 0.29) is 11.2 Å². The molecule has 0 atom stereocenters. The van der Waals surface area contributed by atoms with Crippen LogP contribution in [0.3, 0.4) is 0 Å². The van der Waals surface area contributed by atoms with Crippen molar-refractivity contribution in [2.75, 3.05) is 29.5 Å². The summed E-state index contributed by atoms with van der Waals surface area (Å²) in [7, 11) is 0. The molecule has 2 aromatic rings. The Balaban J connectivity index is 1.67. The van der Waals surface area contributed by atoms with Crippen molar-refractivity contribution in [1.82, 2.24) is 4.37 Å². The summed E-state index contributed by atoms with van der Waals surface area (Å²) in [6.07, 6.45) is 0.502. The molecule has 3 heterocycles. The molecule has 4 rings (SSSR count). The fourth-order valence-electron chi connectivity index (χ4n) is 3.20. The molecule has 1 aromatic heterocycles. The Kier molecular flexibility index (Phi) is 3.79. The van der Waals surface area contributed by atoms with E-state index in [9.17, 15) is 10.1 Å². The van der Waals surface area contributed by atoms with Gasteiger partial charge in [0.2, 0.25) is 0 Å². The number of amides is 1. The zero-order valence-electron chi connectivity index (χ0n) is 12.7. The van der Waals surface area contributed by atoms with E-state index < -0.39 is 0 Å². The summed E-state index contributed by atoms with van der Waals surface area (Å²) in [6, 6.07) is 8.10. The number of anilines is 2. The van der Waals surface area contributed by atoms with Gasteiger partial charge in [-0.15, -0.1) is 0 Å². The lowest BCUT2D eigenvalue weighted by atomic mass is 9.97. The van der Waals surface area contributed by atoms with Gasteiger partial charge in [-0.3, -0.25) is 4.90 Å². The third kappa shape index (κ3) is 2.39. The second kappa shape index (κ2) is 5.96. The molecule has 0 unspecified atom stereocenters. The monoisotopic (exact) mass is 360 g/mol. The quantitative estimate of drug-likeness (QED) is 0.822. The first-order valence-corrected chi connectivity index (χ1v) is 8.69. The number of nitrogens with zero attached hydrogens (tertiary/aromatic N) is 4. The van der Waals surface area contributed by atoms with E-state index in [2.05, 4.69) is 21.4 Å². The molecule has 1 fully saturated rings. The lowest BCUT2D eigenvalue weighted by Gasteiger charge is -2.31. The van der Waals surface area contributed by atoms with E-state index in [0.29, 0.717) is 25.3 Å². The van der Waals surface area contributed by atoms with Crippen molar-refractivity contribution in [3.63, 3.8) is 0 Å². The molecule has 122 valence electrons. The molecule has 2 aliphatic heterocycles. The molecular formula is C16H13ClN4O2S. The fraction of sp³-hybridized carbons (Fsp3) is 0.312. The van der Waals surface area contributed by atoms with Crippen LogP contribution in [0.25, 0.3) is 0 Å². The number of nitriles is 1. The largest absolute Gasteiger partial charge is 0.447 e. The second-order valence-electron chi connectivity index (χ2n) is 5.62. The van der Waals surface area contributed by atoms with Crippen LogP contribution >= 0.6 is 23.1 Å². The number of carbonyl (C=O) groups excluding carboxylic acids is 1. The molecule has 1 saturated heterocycles. The number of cyclic esters (lactones) is 1. The zero-order valence-corrected chi connectivity index (χ0v) is 14.2. The SMILES string of the molecule is N#Cc1c(Cl)nsc1N1CCc2c(cccc2N2CCOC2=O)C1. The minimum absolute atomic E-state index is 0.261. The molecular weight excluding hydrogens is 348 g/mol. The van der Waals surface area contributed by atoms with Gasteiger partial charge in [0.1, 0.15) is 23.2 Å². The summed E-state index contributed by atoms with van der Waals surface area (Å²) in [4.78, 5) is 15.7. The van der Waals surface area contributed by atoms with Gasteiger partial charge in [0.15, 0.2) is 5.15 Å². The van der Waals surface area contributed by atoms with Crippen molar-refractivity contribution in [3.8, 4) is 6.07 Å². The van der Waals surface area contributed by atoms with Crippen LogP contribution in [0, 0.1) is 11.3 Å². The molecule has 0 N–H and O–H groups in total. The number of aromatic nitrogens is 1. The predicted molar refractivity (Wildman–Crippen MR) is 91.7 cm³/mol. The van der Waals surface area contributed by atoms with E-state index in [0.717, 1.165) is 29.2 Å². The molecule has 1 amide bonds. The molecule has 0 aliphatic carbocycles. The smallest absolute Gasteiger partial charge is 0.414 e. The Bertz CT molecular complexity index is 860. The van der Waals surface area contributed by atoms with Crippen LogP contribution in [-0.4, -0.2) is 30.2 Å². The van der Waals surface area contributed by atoms with E-state index in [4.69, 9.17) is 16.3 Å². The molecule has 0 radical (unpaired) electrons. The lowest BCUT2D eigenvalue weighted by molar-refractivity contribution is 0.181. The topological polar surface area (TPSA) is 69.5 Å². The van der Waals surface area contributed by atoms with Gasteiger partial charge in [0.05, 0.1) is 12.2 Å². The van der Waals surface area contributed by atoms with Gasteiger partial charge in [-0.25, -0.2) is 4.79 Å². The molecule has 24 heavy (non-hydrogen) atoms. The van der Waals surface area contributed by atoms with Crippen molar-refractivity contribution >= 4 is 39.9 Å². The number of halogens is 1. The summed E-state index contributed by atoms with van der Waals surface area (Å²) in [5.41, 5.74) is 3.68. The first kappa shape index (κ1) is 15.2. The van der Waals surface area contributed by atoms with Crippen LogP contribution in [-0.2, 0) is 17.7 Å². The van der Waals surface area contributed by atoms with Crippen molar-refractivity contribution in [2.45, 2.75) is 13.0 Å². The van der Waals surface area contributed by atoms with Crippen LogP contribution < -0.4 is 9.80 Å². The van der Waals surface area contributed by atoms with Crippen LogP contribution in [0.2, 0.25) is 5.15 Å². The second-order valence-corrected chi connectivity index (χ2v) is 6.73. The molecule has 0 bridgehead atoms. The maximum Gasteiger partial charge on any atom is 0.414 e. The Morgan fingerprint density at radius 1 is 1.38 bits per heavy atom. The van der Waals surface area contributed by atoms with Crippen molar-refractivity contribution in [1.29, 1.82) is 5.26 Å². The lowest BCUT2D eigenvalue weighted by Crippen LogP contribution is -2.32. The average molecular weight is 361 g/mol. The molecule has 0 spiro atoms. The number of benzene rings is 1. The number of ether oxygens (including phenoxy) is 1. The van der Waals surface area contributed by atoms with Gasteiger partial charge in [-0.1, -0.05) is 23.7 Å². The molecule has 2 aliphatic rings. The summed E-state index contributed by atoms with van der Waals surface area (Å²) in [5, 5.41) is 10.3. The number of hydrogen-bond donors (Lipinski definition) is 0. The van der Waals surface area contributed by atoms with Gasteiger partial charge in [-0.05, 0) is 35.1 Å². The Hall–Kier alpha value is -2.30. The first-order chi connectivity index (χ1) is 11.7. The predicted octanol–water partition coefficient (Wildman–Crippen LogP) is 3.19. The first-order valence-electron chi connectivity index (χ1n) is 7.54. The highest BCUT2D eigenvalue weighted by Gasteiger charge is 2.29. The maximum absolute atomic E-state index is 11.9. The number of hydrogen-bond acceptors (Lipinski definition) is 6. The molecule has 1 aromatic carbocycles. The molecule has 8 heteroatoms. The number of rotatable bonds is 2. The van der Waals surface area contributed by atoms with Gasteiger partial charge >= 0.3 is 6.09 Å². The zero-order chi connectivity index (χ0) is 16.7.